The van der Waals surface area contributed by atoms with Crippen LogP contribution in [0.5, 0.6) is 0 Å². The average molecular weight is 331 g/mol. The van der Waals surface area contributed by atoms with Crippen molar-refractivity contribution >= 4 is 27.5 Å². The van der Waals surface area contributed by atoms with Crippen LogP contribution in [0.3, 0.4) is 0 Å². The summed E-state index contributed by atoms with van der Waals surface area (Å²) in [6.07, 6.45) is 0. The monoisotopic (exact) mass is 330 g/mol. The van der Waals surface area contributed by atoms with Crippen LogP contribution in [0.4, 0.5) is 5.69 Å². The van der Waals surface area contributed by atoms with Crippen molar-refractivity contribution in [2.45, 2.75) is 20.0 Å². The van der Waals surface area contributed by atoms with Gasteiger partial charge in [-0.25, -0.2) is 0 Å². The van der Waals surface area contributed by atoms with E-state index in [4.69, 9.17) is 5.73 Å². The van der Waals surface area contributed by atoms with Crippen molar-refractivity contribution in [1.29, 1.82) is 0 Å². The summed E-state index contributed by atoms with van der Waals surface area (Å²) >= 11 is 3.46. The number of carbonyl (C=O) groups excluding carboxylic acids is 1. The van der Waals surface area contributed by atoms with Gasteiger partial charge in [-0.1, -0.05) is 17.7 Å². The number of benzene rings is 2. The fourth-order valence-corrected chi connectivity index (χ4v) is 2.95. The molecule has 4 heteroatoms. The number of nitrogens with zero attached hydrogens (tertiary/aromatic N) is 1. The molecule has 102 valence electrons. The lowest BCUT2D eigenvalue weighted by Gasteiger charge is -2.16. The minimum Gasteiger partial charge on any atom is -0.399 e. The first-order chi connectivity index (χ1) is 9.54. The second-order valence-electron chi connectivity index (χ2n) is 5.17. The number of amides is 1. The van der Waals surface area contributed by atoms with Crippen LogP contribution in [0, 0.1) is 6.92 Å². The molecule has 2 aromatic rings. The van der Waals surface area contributed by atoms with E-state index in [1.165, 1.54) is 5.56 Å². The van der Waals surface area contributed by atoms with Gasteiger partial charge in [-0.3, -0.25) is 4.79 Å². The van der Waals surface area contributed by atoms with Gasteiger partial charge in [-0.15, -0.1) is 0 Å². The van der Waals surface area contributed by atoms with Gasteiger partial charge >= 0.3 is 0 Å². The molecule has 3 rings (SSSR count). The van der Waals surface area contributed by atoms with Crippen LogP contribution in [0.1, 0.15) is 27.0 Å². The largest absolute Gasteiger partial charge is 0.399 e. The molecule has 2 N–H and O–H groups in total. The molecule has 0 radical (unpaired) electrons. The van der Waals surface area contributed by atoms with E-state index < -0.39 is 0 Å². The molecule has 0 atom stereocenters. The molecule has 1 amide bonds. The Bertz CT molecular complexity index is 697. The zero-order chi connectivity index (χ0) is 14.3. The highest BCUT2D eigenvalue weighted by Crippen LogP contribution is 2.28. The predicted octanol–water partition coefficient (Wildman–Crippen LogP) is 3.50. The first-order valence-electron chi connectivity index (χ1n) is 6.47. The van der Waals surface area contributed by atoms with E-state index >= 15 is 0 Å². The van der Waals surface area contributed by atoms with Crippen LogP contribution in [0.15, 0.2) is 40.9 Å². The average Bonchev–Trinajstić information content (AvgIpc) is 2.83. The number of halogens is 1. The Morgan fingerprint density at radius 3 is 2.70 bits per heavy atom. The molecule has 1 aliphatic heterocycles. The van der Waals surface area contributed by atoms with Crippen molar-refractivity contribution in [2.75, 3.05) is 5.73 Å². The van der Waals surface area contributed by atoms with E-state index in [0.717, 1.165) is 21.3 Å². The summed E-state index contributed by atoms with van der Waals surface area (Å²) in [5.41, 5.74) is 10.7. The molecular weight excluding hydrogens is 316 g/mol. The van der Waals surface area contributed by atoms with Crippen molar-refractivity contribution in [1.82, 2.24) is 4.90 Å². The topological polar surface area (TPSA) is 46.3 Å². The Kier molecular flexibility index (Phi) is 3.26. The van der Waals surface area contributed by atoms with Crippen molar-refractivity contribution in [3.05, 3.63) is 63.1 Å². The van der Waals surface area contributed by atoms with Crippen LogP contribution in [-0.2, 0) is 13.1 Å². The number of anilines is 1. The zero-order valence-electron chi connectivity index (χ0n) is 11.2. The molecule has 0 saturated heterocycles. The second kappa shape index (κ2) is 4.94. The molecule has 0 unspecified atom stereocenters. The van der Waals surface area contributed by atoms with Gasteiger partial charge in [0.2, 0.25) is 0 Å². The molecule has 2 aromatic carbocycles. The van der Waals surface area contributed by atoms with Gasteiger partial charge in [0.15, 0.2) is 0 Å². The Balaban J connectivity index is 1.89. The smallest absolute Gasteiger partial charge is 0.255 e. The maximum absolute atomic E-state index is 12.6. The molecule has 0 aromatic heterocycles. The summed E-state index contributed by atoms with van der Waals surface area (Å²) in [4.78, 5) is 14.5. The predicted molar refractivity (Wildman–Crippen MR) is 83.3 cm³/mol. The van der Waals surface area contributed by atoms with Gasteiger partial charge in [-0.2, -0.15) is 0 Å². The van der Waals surface area contributed by atoms with Crippen molar-refractivity contribution in [2.24, 2.45) is 0 Å². The maximum atomic E-state index is 12.6. The third kappa shape index (κ3) is 2.31. The molecule has 0 bridgehead atoms. The van der Waals surface area contributed by atoms with Crippen molar-refractivity contribution in [3.63, 3.8) is 0 Å². The lowest BCUT2D eigenvalue weighted by Crippen LogP contribution is -2.25. The van der Waals surface area contributed by atoms with Crippen LogP contribution < -0.4 is 5.73 Å². The fourth-order valence-electron chi connectivity index (χ4n) is 2.53. The molecule has 0 fully saturated rings. The SMILES string of the molecule is Cc1ccc(Br)c(C(=O)N2Cc3ccc(N)cc3C2)c1. The van der Waals surface area contributed by atoms with Crippen molar-refractivity contribution < 1.29 is 4.79 Å². The van der Waals surface area contributed by atoms with Gasteiger partial charge in [0.1, 0.15) is 0 Å². The van der Waals surface area contributed by atoms with Crippen LogP contribution in [0.25, 0.3) is 0 Å². The second-order valence-corrected chi connectivity index (χ2v) is 6.03. The number of carbonyl (C=O) groups is 1. The molecule has 3 nitrogen and oxygen atoms in total. The number of nitrogen functional groups attached to an aromatic ring is 1. The van der Waals surface area contributed by atoms with Gasteiger partial charge in [0.05, 0.1) is 5.56 Å². The molecule has 20 heavy (non-hydrogen) atoms. The highest BCUT2D eigenvalue weighted by atomic mass is 79.9. The summed E-state index contributed by atoms with van der Waals surface area (Å²) < 4.78 is 0.837. The van der Waals surface area contributed by atoms with E-state index in [1.807, 2.05) is 48.2 Å². The highest BCUT2D eigenvalue weighted by Gasteiger charge is 2.25. The van der Waals surface area contributed by atoms with Crippen LogP contribution >= 0.6 is 15.9 Å². The molecular formula is C16H15BrN2O. The van der Waals surface area contributed by atoms with E-state index in [-0.39, 0.29) is 5.91 Å². The number of nitrogens with two attached hydrogens (primary N) is 1. The zero-order valence-corrected chi connectivity index (χ0v) is 12.8. The normalized spacial score (nSPS) is 13.4. The third-order valence-electron chi connectivity index (χ3n) is 3.59. The van der Waals surface area contributed by atoms with Crippen LogP contribution in [-0.4, -0.2) is 10.8 Å². The first-order valence-corrected chi connectivity index (χ1v) is 7.26. The van der Waals surface area contributed by atoms with Gasteiger partial charge in [-0.05, 0) is 58.2 Å². The van der Waals surface area contributed by atoms with Crippen LogP contribution in [0.2, 0.25) is 0 Å². The van der Waals surface area contributed by atoms with Crippen molar-refractivity contribution in [3.8, 4) is 0 Å². The molecule has 1 aliphatic rings. The Morgan fingerprint density at radius 1 is 1.15 bits per heavy atom. The summed E-state index contributed by atoms with van der Waals surface area (Å²) in [6.45, 7) is 3.26. The van der Waals surface area contributed by atoms with E-state index in [1.54, 1.807) is 0 Å². The Morgan fingerprint density at radius 2 is 1.90 bits per heavy atom. The standard InChI is InChI=1S/C16H15BrN2O/c1-10-2-5-15(17)14(6-10)16(20)19-8-11-3-4-13(18)7-12(11)9-19/h2-7H,8-9,18H2,1H3. The lowest BCUT2D eigenvalue weighted by molar-refractivity contribution is 0.0750. The minimum absolute atomic E-state index is 0.0512. The van der Waals surface area contributed by atoms with E-state index in [9.17, 15) is 4.79 Å². The van der Waals surface area contributed by atoms with E-state index in [0.29, 0.717) is 18.7 Å². The molecule has 0 saturated carbocycles. The van der Waals surface area contributed by atoms with Gasteiger partial charge < -0.3 is 10.6 Å². The summed E-state index contributed by atoms with van der Waals surface area (Å²) in [6, 6.07) is 11.7. The molecule has 1 heterocycles. The number of fused-ring (bicyclic) bond motifs is 1. The molecule has 0 spiro atoms. The quantitative estimate of drug-likeness (QED) is 0.813. The summed E-state index contributed by atoms with van der Waals surface area (Å²) in [5, 5.41) is 0. The Hall–Kier alpha value is -1.81. The number of hydrogen-bond acceptors (Lipinski definition) is 2. The van der Waals surface area contributed by atoms with E-state index in [2.05, 4.69) is 15.9 Å². The van der Waals surface area contributed by atoms with Gasteiger partial charge in [0, 0.05) is 23.2 Å². The molecule has 0 aliphatic carbocycles. The van der Waals surface area contributed by atoms with Gasteiger partial charge in [0.25, 0.3) is 5.91 Å². The fraction of sp³-hybridized carbons (Fsp3) is 0.188. The highest BCUT2D eigenvalue weighted by molar-refractivity contribution is 9.10. The minimum atomic E-state index is 0.0512. The lowest BCUT2D eigenvalue weighted by atomic mass is 10.1. The first kappa shape index (κ1) is 13.2. The number of rotatable bonds is 1. The maximum Gasteiger partial charge on any atom is 0.255 e. The summed E-state index contributed by atoms with van der Waals surface area (Å²) in [5.74, 6) is 0.0512. The Labute approximate surface area is 126 Å². The third-order valence-corrected chi connectivity index (χ3v) is 4.28. The number of aryl methyl sites for hydroxylation is 1. The number of hydrogen-bond donors (Lipinski definition) is 1. The summed E-state index contributed by atoms with van der Waals surface area (Å²) in [7, 11) is 0.